The van der Waals surface area contributed by atoms with Crippen molar-refractivity contribution in [1.82, 2.24) is 0 Å². The highest BCUT2D eigenvalue weighted by Gasteiger charge is 2.12. The Hall–Kier alpha value is -2.45. The lowest BCUT2D eigenvalue weighted by atomic mass is 10.2. The second-order valence-electron chi connectivity index (χ2n) is 4.27. The fourth-order valence-corrected chi connectivity index (χ4v) is 2.41. The van der Waals surface area contributed by atoms with E-state index in [0.29, 0.717) is 17.2 Å². The Morgan fingerprint density at radius 1 is 1.20 bits per heavy atom. The predicted molar refractivity (Wildman–Crippen MR) is 84.3 cm³/mol. The molecule has 3 aromatic rings. The van der Waals surface area contributed by atoms with E-state index in [-0.39, 0.29) is 0 Å². The fourth-order valence-electron chi connectivity index (χ4n) is 2.01. The predicted octanol–water partition coefficient (Wildman–Crippen LogP) is 5.07. The molecule has 98 valence electrons. The van der Waals surface area contributed by atoms with Gasteiger partial charge in [0.2, 0.25) is 5.88 Å². The number of hydrogen-bond donors (Lipinski definition) is 2. The van der Waals surface area contributed by atoms with Gasteiger partial charge in [0.25, 0.3) is 0 Å². The number of furan rings is 1. The van der Waals surface area contributed by atoms with Crippen LogP contribution in [-0.4, -0.2) is 0 Å². The highest BCUT2D eigenvalue weighted by molar-refractivity contribution is 9.10. The molecule has 20 heavy (non-hydrogen) atoms. The largest absolute Gasteiger partial charge is 0.440 e. The maximum Gasteiger partial charge on any atom is 0.215 e. The van der Waals surface area contributed by atoms with E-state index >= 15 is 0 Å². The molecule has 0 spiro atoms. The average Bonchev–Trinajstić information content (AvgIpc) is 2.74. The molecule has 1 aromatic heterocycles. The standard InChI is InChI=1S/C15H10BrN3O/c1-18-10-5-6-12-13(8-10)20-15(17)14(12)19-11-4-2-3-9(16)7-11/h2-8,19H,17H2. The number of fused-ring (bicyclic) bond motifs is 1. The zero-order chi connectivity index (χ0) is 14.1. The summed E-state index contributed by atoms with van der Waals surface area (Å²) in [6, 6.07) is 13.0. The highest BCUT2D eigenvalue weighted by atomic mass is 79.9. The van der Waals surface area contributed by atoms with Gasteiger partial charge in [-0.25, -0.2) is 4.85 Å². The Bertz CT molecular complexity index is 833. The minimum Gasteiger partial charge on any atom is -0.440 e. The maximum atomic E-state index is 7.01. The van der Waals surface area contributed by atoms with Crippen LogP contribution in [0, 0.1) is 6.57 Å². The lowest BCUT2D eigenvalue weighted by Crippen LogP contribution is -1.93. The van der Waals surface area contributed by atoms with Gasteiger partial charge >= 0.3 is 0 Å². The Morgan fingerprint density at radius 2 is 2.05 bits per heavy atom. The molecule has 0 saturated heterocycles. The number of halogens is 1. The van der Waals surface area contributed by atoms with E-state index in [1.807, 2.05) is 30.3 Å². The first kappa shape index (κ1) is 12.6. The Labute approximate surface area is 124 Å². The molecule has 3 N–H and O–H groups in total. The van der Waals surface area contributed by atoms with E-state index in [4.69, 9.17) is 16.7 Å². The van der Waals surface area contributed by atoms with Gasteiger partial charge in [0.15, 0.2) is 5.69 Å². The van der Waals surface area contributed by atoms with E-state index in [9.17, 15) is 0 Å². The van der Waals surface area contributed by atoms with Gasteiger partial charge in [-0.2, -0.15) is 0 Å². The molecule has 0 aliphatic carbocycles. The van der Waals surface area contributed by atoms with Crippen LogP contribution >= 0.6 is 15.9 Å². The molecular formula is C15H10BrN3O. The van der Waals surface area contributed by atoms with Crippen molar-refractivity contribution in [1.29, 1.82) is 0 Å². The molecule has 0 radical (unpaired) electrons. The van der Waals surface area contributed by atoms with Crippen LogP contribution in [0.4, 0.5) is 22.9 Å². The van der Waals surface area contributed by atoms with E-state index in [2.05, 4.69) is 26.1 Å². The Morgan fingerprint density at radius 3 is 2.80 bits per heavy atom. The minimum absolute atomic E-state index is 0.308. The lowest BCUT2D eigenvalue weighted by molar-refractivity contribution is 0.638. The van der Waals surface area contributed by atoms with Gasteiger partial charge in [0.1, 0.15) is 11.3 Å². The van der Waals surface area contributed by atoms with Crippen LogP contribution in [0.2, 0.25) is 0 Å². The van der Waals surface area contributed by atoms with Crippen LogP contribution in [0.5, 0.6) is 0 Å². The van der Waals surface area contributed by atoms with Crippen molar-refractivity contribution < 1.29 is 4.42 Å². The number of anilines is 3. The van der Waals surface area contributed by atoms with E-state index in [1.54, 1.807) is 12.1 Å². The quantitative estimate of drug-likeness (QED) is 0.646. The summed E-state index contributed by atoms with van der Waals surface area (Å²) in [7, 11) is 0. The summed E-state index contributed by atoms with van der Waals surface area (Å²) in [5.74, 6) is 0.308. The molecule has 0 aliphatic heterocycles. The SMILES string of the molecule is [C-]#[N+]c1ccc2c(Nc3cccc(Br)c3)c(N)oc2c1. The van der Waals surface area contributed by atoms with Gasteiger partial charge < -0.3 is 15.5 Å². The van der Waals surface area contributed by atoms with Crippen LogP contribution in [0.25, 0.3) is 15.8 Å². The molecule has 3 rings (SSSR count). The monoisotopic (exact) mass is 327 g/mol. The van der Waals surface area contributed by atoms with Crippen molar-refractivity contribution in [2.45, 2.75) is 0 Å². The van der Waals surface area contributed by atoms with Gasteiger partial charge in [0.05, 0.1) is 6.57 Å². The summed E-state index contributed by atoms with van der Waals surface area (Å²) < 4.78 is 6.48. The summed E-state index contributed by atoms with van der Waals surface area (Å²) in [5.41, 5.74) is 8.67. The normalized spacial score (nSPS) is 10.4. The van der Waals surface area contributed by atoms with Crippen molar-refractivity contribution in [2.75, 3.05) is 11.1 Å². The number of nitrogens with two attached hydrogens (primary N) is 1. The molecule has 4 nitrogen and oxygen atoms in total. The van der Waals surface area contributed by atoms with Crippen molar-refractivity contribution in [2.24, 2.45) is 0 Å². The van der Waals surface area contributed by atoms with Gasteiger partial charge in [-0.1, -0.05) is 34.1 Å². The molecule has 2 aromatic carbocycles. The number of hydrogen-bond acceptors (Lipinski definition) is 3. The first-order valence-corrected chi connectivity index (χ1v) is 6.69. The summed E-state index contributed by atoms with van der Waals surface area (Å²) >= 11 is 3.43. The molecule has 0 saturated carbocycles. The summed E-state index contributed by atoms with van der Waals surface area (Å²) in [5, 5.41) is 4.10. The van der Waals surface area contributed by atoms with Gasteiger partial charge in [-0.3, -0.25) is 0 Å². The summed E-state index contributed by atoms with van der Waals surface area (Å²) in [6.07, 6.45) is 0. The fraction of sp³-hybridized carbons (Fsp3) is 0. The van der Waals surface area contributed by atoms with Crippen molar-refractivity contribution >= 4 is 49.8 Å². The molecule has 0 amide bonds. The van der Waals surface area contributed by atoms with Crippen molar-refractivity contribution in [3.8, 4) is 0 Å². The van der Waals surface area contributed by atoms with Gasteiger partial charge in [-0.15, -0.1) is 0 Å². The third-order valence-corrected chi connectivity index (χ3v) is 3.42. The lowest BCUT2D eigenvalue weighted by Gasteiger charge is -2.05. The van der Waals surface area contributed by atoms with Crippen LogP contribution < -0.4 is 11.1 Å². The molecule has 0 bridgehead atoms. The van der Waals surface area contributed by atoms with Crippen molar-refractivity contribution in [3.63, 3.8) is 0 Å². The third-order valence-electron chi connectivity index (χ3n) is 2.92. The van der Waals surface area contributed by atoms with Gasteiger partial charge in [0, 0.05) is 15.5 Å². The molecule has 0 aliphatic rings. The molecule has 0 unspecified atom stereocenters. The topological polar surface area (TPSA) is 55.5 Å². The van der Waals surface area contributed by atoms with Gasteiger partial charge in [-0.05, 0) is 24.3 Å². The number of nitrogens with zero attached hydrogens (tertiary/aromatic N) is 1. The van der Waals surface area contributed by atoms with Crippen LogP contribution in [0.15, 0.2) is 51.4 Å². The van der Waals surface area contributed by atoms with Crippen LogP contribution in [0.1, 0.15) is 0 Å². The molecule has 5 heteroatoms. The van der Waals surface area contributed by atoms with E-state index in [0.717, 1.165) is 21.2 Å². The van der Waals surface area contributed by atoms with Crippen LogP contribution in [-0.2, 0) is 0 Å². The minimum atomic E-state index is 0.308. The molecule has 1 heterocycles. The number of nitrogen functional groups attached to an aromatic ring is 1. The smallest absolute Gasteiger partial charge is 0.215 e. The summed E-state index contributed by atoms with van der Waals surface area (Å²) in [6.45, 7) is 7.01. The Balaban J connectivity index is 2.08. The average molecular weight is 328 g/mol. The Kier molecular flexibility index (Phi) is 3.09. The summed E-state index contributed by atoms with van der Waals surface area (Å²) in [4.78, 5) is 3.38. The highest BCUT2D eigenvalue weighted by Crippen LogP contribution is 2.37. The first-order valence-electron chi connectivity index (χ1n) is 5.89. The maximum absolute atomic E-state index is 7.01. The second kappa shape index (κ2) is 4.91. The number of rotatable bonds is 2. The van der Waals surface area contributed by atoms with Crippen molar-refractivity contribution in [3.05, 3.63) is 58.4 Å². The van der Waals surface area contributed by atoms with E-state index < -0.39 is 0 Å². The second-order valence-corrected chi connectivity index (χ2v) is 5.18. The van der Waals surface area contributed by atoms with Crippen LogP contribution in [0.3, 0.4) is 0 Å². The zero-order valence-electron chi connectivity index (χ0n) is 10.4. The third kappa shape index (κ3) is 2.22. The number of nitrogens with one attached hydrogen (secondary N) is 1. The molecule has 0 fully saturated rings. The molecule has 0 atom stereocenters. The number of benzene rings is 2. The first-order chi connectivity index (χ1) is 9.67. The molecular weight excluding hydrogens is 318 g/mol. The van der Waals surface area contributed by atoms with E-state index in [1.165, 1.54) is 0 Å². The zero-order valence-corrected chi connectivity index (χ0v) is 11.9.